The van der Waals surface area contributed by atoms with Crippen molar-refractivity contribution in [1.29, 1.82) is 0 Å². The maximum absolute atomic E-state index is 13.5. The fourth-order valence-electron chi connectivity index (χ4n) is 5.27. The minimum Gasteiger partial charge on any atom is -0.356 e. The molecule has 3 heterocycles. The predicted molar refractivity (Wildman–Crippen MR) is 126 cm³/mol. The number of H-pyrrole nitrogens is 1. The Bertz CT molecular complexity index is 1160. The average Bonchev–Trinajstić information content (AvgIpc) is 3.17. The molecule has 5 heteroatoms. The van der Waals surface area contributed by atoms with Gasteiger partial charge in [-0.1, -0.05) is 69.7 Å². The molecule has 5 rings (SSSR count). The molecule has 0 spiro atoms. The van der Waals surface area contributed by atoms with E-state index in [0.717, 1.165) is 35.0 Å². The smallest absolute Gasteiger partial charge is 0.246 e. The Morgan fingerprint density at radius 2 is 1.81 bits per heavy atom. The fourth-order valence-corrected chi connectivity index (χ4v) is 5.27. The lowest BCUT2D eigenvalue weighted by atomic mass is 9.85. The number of aromatic nitrogens is 1. The van der Waals surface area contributed by atoms with Crippen molar-refractivity contribution >= 4 is 22.7 Å². The van der Waals surface area contributed by atoms with Crippen molar-refractivity contribution in [3.63, 3.8) is 0 Å². The lowest BCUT2D eigenvalue weighted by Crippen LogP contribution is -2.63. The first-order valence-corrected chi connectivity index (χ1v) is 11.8. The molecule has 1 unspecified atom stereocenters. The van der Waals surface area contributed by atoms with Gasteiger partial charge in [-0.3, -0.25) is 9.59 Å². The number of carbonyl (C=O) groups excluding carboxylic acids is 2. The Morgan fingerprint density at radius 1 is 1.06 bits per heavy atom. The molecule has 32 heavy (non-hydrogen) atoms. The normalized spacial score (nSPS) is 20.8. The van der Waals surface area contributed by atoms with Crippen LogP contribution in [0, 0.1) is 0 Å². The van der Waals surface area contributed by atoms with Crippen LogP contribution >= 0.6 is 0 Å². The Balaban J connectivity index is 1.64. The number of rotatable bonds is 5. The highest BCUT2D eigenvalue weighted by Crippen LogP contribution is 2.42. The molecule has 0 bridgehead atoms. The van der Waals surface area contributed by atoms with E-state index in [1.807, 2.05) is 17.0 Å². The van der Waals surface area contributed by atoms with Crippen LogP contribution in [0.3, 0.4) is 0 Å². The van der Waals surface area contributed by atoms with Crippen LogP contribution in [0.5, 0.6) is 0 Å². The van der Waals surface area contributed by atoms with Crippen molar-refractivity contribution in [3.8, 4) is 0 Å². The summed E-state index contributed by atoms with van der Waals surface area (Å²) in [6.07, 6.45) is 2.49. The van der Waals surface area contributed by atoms with Gasteiger partial charge in [0, 0.05) is 29.6 Å². The number of unbranched alkanes of at least 4 members (excludes halogenated alkanes) is 1. The highest BCUT2D eigenvalue weighted by atomic mass is 16.2. The zero-order valence-corrected chi connectivity index (χ0v) is 19.1. The van der Waals surface area contributed by atoms with Crippen molar-refractivity contribution in [1.82, 2.24) is 14.8 Å². The number of hydrogen-bond acceptors (Lipinski definition) is 2. The molecular weight excluding hydrogens is 398 g/mol. The number of carbonyl (C=O) groups is 2. The summed E-state index contributed by atoms with van der Waals surface area (Å²) in [6.45, 7) is 7.29. The van der Waals surface area contributed by atoms with Gasteiger partial charge in [0.1, 0.15) is 6.04 Å². The van der Waals surface area contributed by atoms with Crippen LogP contribution in [-0.2, 0) is 16.0 Å². The SMILES string of the molecule is CCCCN1CC(=O)N2C(c3ccc(C(C)C)cc3)c3[nH]c4ccccc4c3C[C@@H]2C1=O. The summed E-state index contributed by atoms with van der Waals surface area (Å²) in [4.78, 5) is 34.2. The minimum absolute atomic E-state index is 0.0351. The van der Waals surface area contributed by atoms with Gasteiger partial charge in [0.15, 0.2) is 0 Å². The van der Waals surface area contributed by atoms with Crippen molar-refractivity contribution in [2.75, 3.05) is 13.1 Å². The van der Waals surface area contributed by atoms with Gasteiger partial charge in [-0.25, -0.2) is 0 Å². The Labute approximate surface area is 189 Å². The highest BCUT2D eigenvalue weighted by Gasteiger charge is 2.47. The summed E-state index contributed by atoms with van der Waals surface area (Å²) in [5, 5.41) is 1.15. The van der Waals surface area contributed by atoms with Gasteiger partial charge in [0.05, 0.1) is 12.6 Å². The third-order valence-electron chi connectivity index (χ3n) is 7.04. The van der Waals surface area contributed by atoms with E-state index in [-0.39, 0.29) is 24.4 Å². The summed E-state index contributed by atoms with van der Waals surface area (Å²) in [6, 6.07) is 16.1. The molecular formula is C27H31N3O2. The molecule has 3 aromatic rings. The van der Waals surface area contributed by atoms with E-state index >= 15 is 0 Å². The number of piperazine rings is 1. The van der Waals surface area contributed by atoms with E-state index in [0.29, 0.717) is 18.9 Å². The molecule has 1 aromatic heterocycles. The van der Waals surface area contributed by atoms with Gasteiger partial charge >= 0.3 is 0 Å². The summed E-state index contributed by atoms with van der Waals surface area (Å²) in [5.41, 5.74) is 5.59. The second kappa shape index (κ2) is 8.12. The molecule has 2 aliphatic heterocycles. The number of nitrogens with zero attached hydrogens (tertiary/aromatic N) is 2. The van der Waals surface area contributed by atoms with Gasteiger partial charge in [-0.05, 0) is 35.1 Å². The van der Waals surface area contributed by atoms with Crippen molar-refractivity contribution < 1.29 is 9.59 Å². The average molecular weight is 430 g/mol. The van der Waals surface area contributed by atoms with Crippen molar-refractivity contribution in [2.45, 2.75) is 58.0 Å². The maximum atomic E-state index is 13.5. The van der Waals surface area contributed by atoms with Crippen LogP contribution in [0.25, 0.3) is 10.9 Å². The van der Waals surface area contributed by atoms with Crippen LogP contribution in [0.4, 0.5) is 0 Å². The largest absolute Gasteiger partial charge is 0.356 e. The lowest BCUT2D eigenvalue weighted by Gasteiger charge is -2.47. The molecule has 0 aliphatic carbocycles. The summed E-state index contributed by atoms with van der Waals surface area (Å²) < 4.78 is 0. The molecule has 1 saturated heterocycles. The molecule has 5 nitrogen and oxygen atoms in total. The summed E-state index contributed by atoms with van der Waals surface area (Å²) in [7, 11) is 0. The standard InChI is InChI=1S/C27H31N3O2/c1-4-5-14-29-16-24(31)30-23(27(29)32)15-21-20-8-6-7-9-22(20)28-25(21)26(30)19-12-10-18(11-13-19)17(2)3/h6-13,17,23,26,28H,4-5,14-16H2,1-3H3/t23-,26?/m1/s1. The van der Waals surface area contributed by atoms with E-state index in [9.17, 15) is 9.59 Å². The maximum Gasteiger partial charge on any atom is 0.246 e. The molecule has 0 saturated carbocycles. The number of nitrogens with one attached hydrogen (secondary N) is 1. The monoisotopic (exact) mass is 429 g/mol. The van der Waals surface area contributed by atoms with E-state index in [1.54, 1.807) is 4.90 Å². The Morgan fingerprint density at radius 3 is 2.53 bits per heavy atom. The number of hydrogen-bond donors (Lipinski definition) is 1. The van der Waals surface area contributed by atoms with Gasteiger partial charge in [0.2, 0.25) is 11.8 Å². The fraction of sp³-hybridized carbons (Fsp3) is 0.407. The number of benzene rings is 2. The number of para-hydroxylation sites is 1. The van der Waals surface area contributed by atoms with E-state index in [4.69, 9.17) is 0 Å². The number of fused-ring (bicyclic) bond motifs is 4. The first kappa shape index (κ1) is 20.8. The molecule has 0 radical (unpaired) electrons. The highest BCUT2D eigenvalue weighted by molar-refractivity contribution is 5.97. The van der Waals surface area contributed by atoms with E-state index in [2.05, 4.69) is 62.2 Å². The lowest BCUT2D eigenvalue weighted by molar-refractivity contribution is -0.158. The van der Waals surface area contributed by atoms with Gasteiger partial charge in [-0.15, -0.1) is 0 Å². The second-order valence-electron chi connectivity index (χ2n) is 9.42. The predicted octanol–water partition coefficient (Wildman–Crippen LogP) is 4.78. The first-order valence-electron chi connectivity index (χ1n) is 11.8. The molecule has 2 aliphatic rings. The van der Waals surface area contributed by atoms with E-state index < -0.39 is 6.04 Å². The van der Waals surface area contributed by atoms with Gasteiger partial charge in [-0.2, -0.15) is 0 Å². The molecule has 2 amide bonds. The second-order valence-corrected chi connectivity index (χ2v) is 9.42. The number of aromatic amines is 1. The first-order chi connectivity index (χ1) is 15.5. The van der Waals surface area contributed by atoms with Crippen LogP contribution in [-0.4, -0.2) is 45.7 Å². The quantitative estimate of drug-likeness (QED) is 0.635. The molecule has 1 N–H and O–H groups in total. The zero-order valence-electron chi connectivity index (χ0n) is 19.1. The van der Waals surface area contributed by atoms with Crippen molar-refractivity contribution in [2.24, 2.45) is 0 Å². The summed E-state index contributed by atoms with van der Waals surface area (Å²) >= 11 is 0. The van der Waals surface area contributed by atoms with Gasteiger partial charge < -0.3 is 14.8 Å². The Hall–Kier alpha value is -3.08. The minimum atomic E-state index is -0.449. The molecule has 166 valence electrons. The zero-order chi connectivity index (χ0) is 22.4. The van der Waals surface area contributed by atoms with Crippen LogP contribution in [0.2, 0.25) is 0 Å². The summed E-state index contributed by atoms with van der Waals surface area (Å²) in [5.74, 6) is 0.558. The Kier molecular flexibility index (Phi) is 5.28. The molecule has 1 fully saturated rings. The van der Waals surface area contributed by atoms with Crippen LogP contribution in [0.1, 0.15) is 68.0 Å². The van der Waals surface area contributed by atoms with E-state index in [1.165, 1.54) is 11.1 Å². The van der Waals surface area contributed by atoms with Crippen LogP contribution in [0.15, 0.2) is 48.5 Å². The molecule has 2 aromatic carbocycles. The topological polar surface area (TPSA) is 56.4 Å². The van der Waals surface area contributed by atoms with Crippen LogP contribution < -0.4 is 0 Å². The van der Waals surface area contributed by atoms with Crippen molar-refractivity contribution in [3.05, 3.63) is 70.9 Å². The van der Waals surface area contributed by atoms with Gasteiger partial charge in [0.25, 0.3) is 0 Å². The molecule has 2 atom stereocenters. The number of amides is 2. The third kappa shape index (κ3) is 3.31. The third-order valence-corrected chi connectivity index (χ3v) is 7.04.